The molecule has 28 heavy (non-hydrogen) atoms. The lowest BCUT2D eigenvalue weighted by atomic mass is 9.80. The van der Waals surface area contributed by atoms with Crippen LogP contribution in [0.1, 0.15) is 17.9 Å². The lowest BCUT2D eigenvalue weighted by Crippen LogP contribution is -2.51. The maximum Gasteiger partial charge on any atom is 0.333 e. The Labute approximate surface area is 174 Å². The highest BCUT2D eigenvalue weighted by Gasteiger charge is 2.43. The molecule has 2 aromatic carbocycles. The summed E-state index contributed by atoms with van der Waals surface area (Å²) >= 11 is 0. The molecule has 0 aromatic heterocycles. The first kappa shape index (κ1) is 22.6. The minimum Gasteiger partial charge on any atom is -0.497 e. The van der Waals surface area contributed by atoms with Crippen LogP contribution in [0.2, 0.25) is 0 Å². The summed E-state index contributed by atoms with van der Waals surface area (Å²) in [5.41, 5.74) is 1.10. The van der Waals surface area contributed by atoms with Crippen LogP contribution in [0.25, 0.3) is 0 Å². The predicted octanol–water partition coefficient (Wildman–Crippen LogP) is 5.32. The van der Waals surface area contributed by atoms with Gasteiger partial charge < -0.3 is 9.47 Å². The van der Waals surface area contributed by atoms with Crippen molar-refractivity contribution in [2.75, 3.05) is 33.5 Å². The van der Waals surface area contributed by atoms with Gasteiger partial charge in [-0.1, -0.05) is 30.3 Å². The van der Waals surface area contributed by atoms with Crippen molar-refractivity contribution in [2.45, 2.75) is 18.4 Å². The van der Waals surface area contributed by atoms with Gasteiger partial charge in [-0.25, -0.2) is 9.29 Å². The topological polar surface area (TPSA) is 21.7 Å². The molecule has 0 amide bonds. The van der Waals surface area contributed by atoms with Crippen LogP contribution in [0.3, 0.4) is 0 Å². The van der Waals surface area contributed by atoms with Gasteiger partial charge in [-0.15, -0.1) is 17.0 Å². The molecule has 0 bridgehead atoms. The minimum atomic E-state index is -3.43. The molecule has 0 saturated carbocycles. The Balaban J connectivity index is 0.00000280. The van der Waals surface area contributed by atoms with E-state index in [1.54, 1.807) is 31.4 Å². The van der Waals surface area contributed by atoms with Gasteiger partial charge in [0.1, 0.15) is 11.5 Å². The molecule has 0 spiro atoms. The number of alkyl halides is 3. The van der Waals surface area contributed by atoms with Crippen LogP contribution in [0, 0.1) is 5.92 Å². The molecule has 0 radical (unpaired) electrons. The van der Waals surface area contributed by atoms with E-state index < -0.39 is 12.7 Å². The van der Waals surface area contributed by atoms with E-state index in [0.29, 0.717) is 12.2 Å². The first-order chi connectivity index (χ1) is 13.0. The van der Waals surface area contributed by atoms with Gasteiger partial charge in [0.05, 0.1) is 13.7 Å². The molecule has 0 unspecified atom stereocenters. The first-order valence-corrected chi connectivity index (χ1v) is 9.04. The summed E-state index contributed by atoms with van der Waals surface area (Å²) in [5, 5.41) is 0. The van der Waals surface area contributed by atoms with Crippen LogP contribution in [0.5, 0.6) is 11.5 Å². The van der Waals surface area contributed by atoms with Crippen LogP contribution in [0.4, 0.5) is 13.2 Å². The molecular weight excluding hydrogens is 435 g/mol. The van der Waals surface area contributed by atoms with E-state index in [4.69, 9.17) is 9.47 Å². The number of nitrogens with zero attached hydrogens (tertiary/aromatic N) is 1. The van der Waals surface area contributed by atoms with Crippen LogP contribution in [-0.4, -0.2) is 44.4 Å². The van der Waals surface area contributed by atoms with E-state index >= 15 is 0 Å². The molecule has 3 nitrogen and oxygen atoms in total. The summed E-state index contributed by atoms with van der Waals surface area (Å²) in [6.45, 7) is -1.14. The summed E-state index contributed by atoms with van der Waals surface area (Å²) in [7, 11) is 1.59. The van der Waals surface area contributed by atoms with Crippen LogP contribution < -0.4 is 9.47 Å². The number of ether oxygens (including phenoxy) is 2. The minimum absolute atomic E-state index is 0. The Hall–Kier alpha value is -1.73. The predicted molar refractivity (Wildman–Crippen MR) is 109 cm³/mol. The first-order valence-electron chi connectivity index (χ1n) is 9.04. The van der Waals surface area contributed by atoms with E-state index in [1.165, 1.54) is 0 Å². The number of likely N-dealkylation sites (tertiary alicyclic amines) is 1. The van der Waals surface area contributed by atoms with Crippen molar-refractivity contribution in [1.29, 1.82) is 0 Å². The molecule has 0 aliphatic carbocycles. The number of hydrogen-bond donors (Lipinski definition) is 0. The molecule has 1 saturated heterocycles. The van der Waals surface area contributed by atoms with E-state index in [9.17, 15) is 13.2 Å². The number of hydrogen-bond acceptors (Lipinski definition) is 3. The highest BCUT2D eigenvalue weighted by Crippen LogP contribution is 2.37. The van der Waals surface area contributed by atoms with Gasteiger partial charge >= 0.3 is 6.05 Å². The fourth-order valence-corrected chi connectivity index (χ4v) is 3.60. The van der Waals surface area contributed by atoms with Gasteiger partial charge in [-0.05, 0) is 42.2 Å². The van der Waals surface area contributed by atoms with E-state index in [1.807, 2.05) is 30.3 Å². The van der Waals surface area contributed by atoms with Crippen molar-refractivity contribution in [3.63, 3.8) is 0 Å². The number of piperidine rings is 1. The number of rotatable bonds is 7. The van der Waals surface area contributed by atoms with Crippen molar-refractivity contribution < 1.29 is 22.6 Å². The number of methoxy groups -OCH3 is 1. The summed E-state index contributed by atoms with van der Waals surface area (Å²) in [5.74, 6) is 1.30. The zero-order chi connectivity index (χ0) is 19.3. The molecule has 7 heteroatoms. The molecule has 154 valence electrons. The Morgan fingerprint density at radius 2 is 1.68 bits per heavy atom. The fourth-order valence-electron chi connectivity index (χ4n) is 3.60. The maximum atomic E-state index is 13.9. The van der Waals surface area contributed by atoms with Crippen LogP contribution >= 0.6 is 17.0 Å². The van der Waals surface area contributed by atoms with Crippen molar-refractivity contribution in [2.24, 2.45) is 5.92 Å². The summed E-state index contributed by atoms with van der Waals surface area (Å²) < 4.78 is 51.6. The van der Waals surface area contributed by atoms with E-state index in [0.717, 1.165) is 16.2 Å². The van der Waals surface area contributed by atoms with Gasteiger partial charge in [0.2, 0.25) is 0 Å². The summed E-state index contributed by atoms with van der Waals surface area (Å²) in [4.78, 5) is 0.939. The Morgan fingerprint density at radius 3 is 2.29 bits per heavy atom. The third-order valence-corrected chi connectivity index (χ3v) is 5.11. The third-order valence-electron chi connectivity index (χ3n) is 5.11. The molecular formula is C21H25BrF3NO2. The lowest BCUT2D eigenvalue weighted by Gasteiger charge is -2.41. The largest absolute Gasteiger partial charge is 0.497 e. The summed E-state index contributed by atoms with van der Waals surface area (Å²) in [6.07, 6.45) is 0.538. The zero-order valence-corrected chi connectivity index (χ0v) is 17.4. The lowest BCUT2D eigenvalue weighted by molar-refractivity contribution is -0.173. The van der Waals surface area contributed by atoms with Crippen molar-refractivity contribution in [3.05, 3.63) is 60.2 Å². The second-order valence-electron chi connectivity index (χ2n) is 6.80. The van der Waals surface area contributed by atoms with Crippen LogP contribution in [-0.2, 0) is 0 Å². The molecule has 2 atom stereocenters. The average Bonchev–Trinajstić information content (AvgIpc) is 2.73. The Kier molecular flexibility index (Phi) is 8.19. The fraction of sp³-hybridized carbons (Fsp3) is 0.429. The molecule has 1 aliphatic rings. The smallest absolute Gasteiger partial charge is 0.333 e. The molecule has 1 aliphatic heterocycles. The molecule has 2 aromatic rings. The van der Waals surface area contributed by atoms with Gasteiger partial charge in [0.25, 0.3) is 0 Å². The highest BCUT2D eigenvalue weighted by atomic mass is 79.9. The van der Waals surface area contributed by atoms with Crippen LogP contribution in [0.15, 0.2) is 54.6 Å². The van der Waals surface area contributed by atoms with Gasteiger partial charge in [-0.3, -0.25) is 0 Å². The van der Waals surface area contributed by atoms with Crippen molar-refractivity contribution >= 4 is 17.0 Å². The molecule has 3 rings (SSSR count). The van der Waals surface area contributed by atoms with Crippen molar-refractivity contribution in [1.82, 2.24) is 4.90 Å². The highest BCUT2D eigenvalue weighted by molar-refractivity contribution is 8.93. The van der Waals surface area contributed by atoms with Gasteiger partial charge in [0.15, 0.2) is 6.67 Å². The molecule has 1 fully saturated rings. The average molecular weight is 460 g/mol. The van der Waals surface area contributed by atoms with E-state index in [-0.39, 0.29) is 48.5 Å². The van der Waals surface area contributed by atoms with E-state index in [2.05, 4.69) is 0 Å². The van der Waals surface area contributed by atoms with Gasteiger partial charge in [0, 0.05) is 19.0 Å². The Bertz CT molecular complexity index is 715. The normalized spacial score (nSPS) is 20.3. The maximum absolute atomic E-state index is 13.9. The molecule has 0 N–H and O–H groups in total. The second-order valence-corrected chi connectivity index (χ2v) is 6.80. The SMILES string of the molecule is Br.COc1ccc(OC[C@H]2CN(C(F)(F)CF)CC[C@H]2c2ccccc2)cc1. The van der Waals surface area contributed by atoms with Gasteiger partial charge in [-0.2, -0.15) is 8.78 Å². The summed E-state index contributed by atoms with van der Waals surface area (Å²) in [6, 6.07) is 13.5. The third kappa shape index (κ3) is 5.41. The standard InChI is InChI=1S/C21H24F3NO2.BrH/c1-26-18-7-9-19(10-8-18)27-14-17-13-25(21(23,24)15-22)12-11-20(17)16-5-3-2-4-6-16;/h2-10,17,20H,11-15H2,1H3;1H/t17-,20+;/m1./s1. The molecule has 1 heterocycles. The zero-order valence-electron chi connectivity index (χ0n) is 15.7. The Morgan fingerprint density at radius 1 is 1.04 bits per heavy atom. The number of halogens is 4. The quantitative estimate of drug-likeness (QED) is 0.523. The second kappa shape index (κ2) is 10.2. The van der Waals surface area contributed by atoms with Crippen molar-refractivity contribution in [3.8, 4) is 11.5 Å². The number of benzene rings is 2. The monoisotopic (exact) mass is 459 g/mol.